The Hall–Kier alpha value is -4.19. The highest BCUT2D eigenvalue weighted by molar-refractivity contribution is 7.18. The van der Waals surface area contributed by atoms with Crippen molar-refractivity contribution in [3.63, 3.8) is 0 Å². The molecule has 1 fully saturated rings. The van der Waals surface area contributed by atoms with Crippen molar-refractivity contribution in [3.05, 3.63) is 72.4 Å². The van der Waals surface area contributed by atoms with Crippen LogP contribution in [0.2, 0.25) is 0 Å². The molecule has 4 aromatic rings. The Morgan fingerprint density at radius 1 is 0.971 bits per heavy atom. The fourth-order valence-electron chi connectivity index (χ4n) is 3.21. The summed E-state index contributed by atoms with van der Waals surface area (Å²) in [5.41, 5.74) is 0.535. The van der Waals surface area contributed by atoms with Crippen molar-refractivity contribution in [1.82, 2.24) is 15.0 Å². The first-order valence-electron chi connectivity index (χ1n) is 10.5. The largest absolute Gasteiger partial charge is 0.424 e. The number of rotatable bonds is 6. The van der Waals surface area contributed by atoms with Crippen LogP contribution in [-0.4, -0.2) is 34.1 Å². The van der Waals surface area contributed by atoms with Gasteiger partial charge in [0.25, 0.3) is 0 Å². The van der Waals surface area contributed by atoms with Crippen LogP contribution >= 0.6 is 11.3 Å². The number of nitrogens with zero attached hydrogens (tertiary/aromatic N) is 4. The number of thiazole rings is 1. The fraction of sp³-hybridized carbons (Fsp3) is 0.130. The Labute approximate surface area is 201 Å². The first kappa shape index (κ1) is 22.6. The number of aromatic nitrogens is 3. The van der Waals surface area contributed by atoms with Crippen LogP contribution in [0, 0.1) is 17.5 Å². The van der Waals surface area contributed by atoms with Crippen molar-refractivity contribution in [2.24, 2.45) is 0 Å². The molecule has 0 atom stereocenters. The van der Waals surface area contributed by atoms with E-state index in [1.165, 1.54) is 18.8 Å². The van der Waals surface area contributed by atoms with Crippen LogP contribution < -0.4 is 20.3 Å². The van der Waals surface area contributed by atoms with Crippen LogP contribution in [-0.2, 0) is 0 Å². The first-order valence-corrected chi connectivity index (χ1v) is 11.3. The summed E-state index contributed by atoms with van der Waals surface area (Å²) in [5.74, 6) is -3.30. The van der Waals surface area contributed by atoms with E-state index in [1.807, 2.05) is 23.6 Å². The quantitative estimate of drug-likeness (QED) is 0.333. The van der Waals surface area contributed by atoms with Gasteiger partial charge in [-0.05, 0) is 36.2 Å². The SMILES string of the molecule is O=C(Nc1cnc(Oc2ccc(-c3cnc(N4CCC4)s3)cc2)nc1)Nc1cc(F)cc(F)c1F. The Bertz CT molecular complexity index is 1360. The zero-order valence-electron chi connectivity index (χ0n) is 18.0. The minimum Gasteiger partial charge on any atom is -0.424 e. The molecule has 3 heterocycles. The van der Waals surface area contributed by atoms with Gasteiger partial charge in [-0.2, -0.15) is 0 Å². The molecule has 1 aliphatic heterocycles. The Morgan fingerprint density at radius 3 is 2.40 bits per heavy atom. The maximum Gasteiger partial charge on any atom is 0.323 e. The lowest BCUT2D eigenvalue weighted by Crippen LogP contribution is -2.36. The van der Waals surface area contributed by atoms with Gasteiger partial charge in [-0.1, -0.05) is 11.3 Å². The maximum atomic E-state index is 13.7. The van der Waals surface area contributed by atoms with E-state index >= 15 is 0 Å². The highest BCUT2D eigenvalue weighted by atomic mass is 32.1. The molecule has 2 N–H and O–H groups in total. The van der Waals surface area contributed by atoms with Crippen LogP contribution in [0.4, 0.5) is 34.5 Å². The zero-order chi connectivity index (χ0) is 24.4. The van der Waals surface area contributed by atoms with E-state index in [0.717, 1.165) is 28.7 Å². The molecule has 12 heteroatoms. The average Bonchev–Trinajstić information content (AvgIpc) is 3.27. The predicted molar refractivity (Wildman–Crippen MR) is 125 cm³/mol. The van der Waals surface area contributed by atoms with E-state index in [4.69, 9.17) is 4.74 Å². The van der Waals surface area contributed by atoms with E-state index in [1.54, 1.807) is 23.5 Å². The van der Waals surface area contributed by atoms with Crippen LogP contribution in [0.15, 0.2) is 55.0 Å². The monoisotopic (exact) mass is 498 g/mol. The lowest BCUT2D eigenvalue weighted by molar-refractivity contribution is 0.262. The summed E-state index contributed by atoms with van der Waals surface area (Å²) < 4.78 is 45.8. The number of urea groups is 1. The summed E-state index contributed by atoms with van der Waals surface area (Å²) in [4.78, 5) is 27.8. The van der Waals surface area contributed by atoms with Gasteiger partial charge in [0.1, 0.15) is 11.6 Å². The smallest absolute Gasteiger partial charge is 0.323 e. The lowest BCUT2D eigenvalue weighted by atomic mass is 10.2. The van der Waals surface area contributed by atoms with E-state index < -0.39 is 29.2 Å². The van der Waals surface area contributed by atoms with E-state index in [0.29, 0.717) is 17.9 Å². The normalized spacial score (nSPS) is 12.7. The number of halogens is 3. The van der Waals surface area contributed by atoms with Gasteiger partial charge < -0.3 is 20.3 Å². The molecule has 5 rings (SSSR count). The number of carbonyl (C=O) groups is 1. The summed E-state index contributed by atoms with van der Waals surface area (Å²) >= 11 is 1.64. The molecule has 2 amide bonds. The van der Waals surface area contributed by atoms with Crippen molar-refractivity contribution >= 4 is 33.9 Å². The molecular formula is C23H17F3N6O2S. The number of carbonyl (C=O) groups excluding carboxylic acids is 1. The Balaban J connectivity index is 1.18. The van der Waals surface area contributed by atoms with E-state index in [2.05, 4.69) is 25.2 Å². The maximum absolute atomic E-state index is 13.7. The van der Waals surface area contributed by atoms with Gasteiger partial charge in [0.05, 0.1) is 28.6 Å². The number of amides is 2. The zero-order valence-corrected chi connectivity index (χ0v) is 18.8. The average molecular weight is 498 g/mol. The van der Waals surface area contributed by atoms with Gasteiger partial charge in [0.2, 0.25) is 0 Å². The summed E-state index contributed by atoms with van der Waals surface area (Å²) in [6.07, 6.45) is 5.60. The summed E-state index contributed by atoms with van der Waals surface area (Å²) in [6.45, 7) is 2.09. The summed E-state index contributed by atoms with van der Waals surface area (Å²) in [7, 11) is 0. The van der Waals surface area contributed by atoms with Gasteiger partial charge >= 0.3 is 12.0 Å². The number of ether oxygens (including phenoxy) is 1. The molecule has 0 unspecified atom stereocenters. The van der Waals surface area contributed by atoms with Crippen molar-refractivity contribution in [1.29, 1.82) is 0 Å². The van der Waals surface area contributed by atoms with E-state index in [-0.39, 0.29) is 11.7 Å². The highest BCUT2D eigenvalue weighted by Gasteiger charge is 2.18. The molecule has 35 heavy (non-hydrogen) atoms. The molecular weight excluding hydrogens is 481 g/mol. The minimum atomic E-state index is -1.42. The van der Waals surface area contributed by atoms with Gasteiger partial charge in [-0.3, -0.25) is 0 Å². The van der Waals surface area contributed by atoms with Gasteiger partial charge in [-0.15, -0.1) is 0 Å². The molecule has 0 saturated carbocycles. The van der Waals surface area contributed by atoms with Crippen LogP contribution in [0.1, 0.15) is 6.42 Å². The molecule has 178 valence electrons. The standard InChI is InChI=1S/C23H17F3N6O2S/c24-14-8-17(25)20(26)18(9-14)31-21(33)30-15-10-27-22(28-11-15)34-16-4-2-13(3-5-16)19-12-29-23(35-19)32-6-1-7-32/h2-5,8-12H,1,6-7H2,(H2,30,31,33). The topological polar surface area (TPSA) is 92.3 Å². The third-order valence-corrected chi connectivity index (χ3v) is 6.20. The third kappa shape index (κ3) is 5.17. The Kier molecular flexibility index (Phi) is 6.19. The lowest BCUT2D eigenvalue weighted by Gasteiger charge is -2.30. The Morgan fingerprint density at radius 2 is 1.71 bits per heavy atom. The molecule has 0 radical (unpaired) electrons. The highest BCUT2D eigenvalue weighted by Crippen LogP contribution is 2.34. The number of hydrogen-bond acceptors (Lipinski definition) is 7. The molecule has 1 saturated heterocycles. The first-order chi connectivity index (χ1) is 16.9. The van der Waals surface area contributed by atoms with Crippen LogP contribution in [0.5, 0.6) is 11.8 Å². The summed E-state index contributed by atoms with van der Waals surface area (Å²) in [6, 6.07) is 7.55. The van der Waals surface area contributed by atoms with Crippen molar-refractivity contribution in [3.8, 4) is 22.2 Å². The molecule has 2 aromatic heterocycles. The van der Waals surface area contributed by atoms with Crippen LogP contribution in [0.25, 0.3) is 10.4 Å². The second-order valence-corrected chi connectivity index (χ2v) is 8.57. The van der Waals surface area contributed by atoms with E-state index in [9.17, 15) is 18.0 Å². The molecule has 2 aromatic carbocycles. The van der Waals surface area contributed by atoms with Crippen molar-refractivity contribution in [2.75, 3.05) is 28.6 Å². The third-order valence-electron chi connectivity index (χ3n) is 5.10. The molecule has 0 spiro atoms. The number of nitrogens with one attached hydrogen (secondary N) is 2. The number of anilines is 3. The number of benzene rings is 2. The van der Waals surface area contributed by atoms with Gasteiger partial charge in [0.15, 0.2) is 16.8 Å². The van der Waals surface area contributed by atoms with Crippen molar-refractivity contribution in [2.45, 2.75) is 6.42 Å². The van der Waals surface area contributed by atoms with Crippen molar-refractivity contribution < 1.29 is 22.7 Å². The second-order valence-electron chi connectivity index (χ2n) is 7.56. The number of hydrogen-bond donors (Lipinski definition) is 2. The fourth-order valence-corrected chi connectivity index (χ4v) is 4.18. The molecule has 0 bridgehead atoms. The second kappa shape index (κ2) is 9.58. The minimum absolute atomic E-state index is 0.0415. The summed E-state index contributed by atoms with van der Waals surface area (Å²) in [5, 5.41) is 5.39. The predicted octanol–water partition coefficient (Wildman–Crippen LogP) is 5.66. The van der Waals surface area contributed by atoms with Crippen LogP contribution in [0.3, 0.4) is 0 Å². The molecule has 0 aliphatic carbocycles. The molecule has 1 aliphatic rings. The van der Waals surface area contributed by atoms with Gasteiger partial charge in [-0.25, -0.2) is 32.9 Å². The van der Waals surface area contributed by atoms with Gasteiger partial charge in [0, 0.05) is 31.4 Å². The molecule has 8 nitrogen and oxygen atoms in total.